The zero-order valence-corrected chi connectivity index (χ0v) is 16.1. The summed E-state index contributed by atoms with van der Waals surface area (Å²) in [5.74, 6) is -1.41. The molecule has 1 atom stereocenters. The number of sulfone groups is 1. The van der Waals surface area contributed by atoms with Gasteiger partial charge in [0.2, 0.25) is 0 Å². The first kappa shape index (κ1) is 20.2. The van der Waals surface area contributed by atoms with Gasteiger partial charge < -0.3 is 4.90 Å². The normalized spacial score (nSPS) is 18.0. The SMILES string of the molecule is O=C(c1cc([N+](=O)[O-])ccc1Cl)N(Cc1cccc(F)c1)C1CCS(=O)(=O)C1. The van der Waals surface area contributed by atoms with Gasteiger partial charge in [0.15, 0.2) is 9.84 Å². The van der Waals surface area contributed by atoms with Gasteiger partial charge in [-0.2, -0.15) is 0 Å². The Labute approximate surface area is 165 Å². The standard InChI is InChI=1S/C18H16ClFN2O5S/c19-17-5-4-14(22(24)25)9-16(17)18(23)21(15-6-7-28(26,27)11-15)10-12-2-1-3-13(20)8-12/h1-5,8-9,15H,6-7,10-11H2. The summed E-state index contributed by atoms with van der Waals surface area (Å²) in [5.41, 5.74) is 0.0632. The second-order valence-corrected chi connectivity index (χ2v) is 9.18. The molecule has 1 unspecified atom stereocenters. The van der Waals surface area contributed by atoms with Crippen LogP contribution in [0.25, 0.3) is 0 Å². The third kappa shape index (κ3) is 4.48. The molecule has 0 saturated carbocycles. The zero-order valence-electron chi connectivity index (χ0n) is 14.5. The molecule has 1 heterocycles. The Bertz CT molecular complexity index is 1040. The van der Waals surface area contributed by atoms with E-state index in [2.05, 4.69) is 0 Å². The molecule has 0 aliphatic carbocycles. The van der Waals surface area contributed by atoms with Crippen molar-refractivity contribution in [1.82, 2.24) is 4.90 Å². The molecule has 1 amide bonds. The van der Waals surface area contributed by atoms with Crippen molar-refractivity contribution < 1.29 is 22.5 Å². The van der Waals surface area contributed by atoms with Crippen molar-refractivity contribution in [2.24, 2.45) is 0 Å². The fraction of sp³-hybridized carbons (Fsp3) is 0.278. The molecule has 0 bridgehead atoms. The summed E-state index contributed by atoms with van der Waals surface area (Å²) >= 11 is 6.08. The number of rotatable bonds is 5. The van der Waals surface area contributed by atoms with Gasteiger partial charge in [0.05, 0.1) is 27.0 Å². The van der Waals surface area contributed by atoms with E-state index in [4.69, 9.17) is 11.6 Å². The Kier molecular flexibility index (Phi) is 5.66. The maximum absolute atomic E-state index is 13.6. The highest BCUT2D eigenvalue weighted by Crippen LogP contribution is 2.27. The molecule has 0 N–H and O–H groups in total. The van der Waals surface area contributed by atoms with Gasteiger partial charge in [0.1, 0.15) is 5.82 Å². The van der Waals surface area contributed by atoms with E-state index in [9.17, 15) is 27.7 Å². The second-order valence-electron chi connectivity index (χ2n) is 6.54. The van der Waals surface area contributed by atoms with Gasteiger partial charge >= 0.3 is 0 Å². The van der Waals surface area contributed by atoms with Gasteiger partial charge in [-0.1, -0.05) is 23.7 Å². The number of nitro groups is 1. The topological polar surface area (TPSA) is 97.6 Å². The largest absolute Gasteiger partial charge is 0.330 e. The summed E-state index contributed by atoms with van der Waals surface area (Å²) in [7, 11) is -3.30. The van der Waals surface area contributed by atoms with Crippen LogP contribution in [0.4, 0.5) is 10.1 Å². The van der Waals surface area contributed by atoms with Gasteiger partial charge in [-0.25, -0.2) is 12.8 Å². The number of nitrogens with zero attached hydrogens (tertiary/aromatic N) is 2. The van der Waals surface area contributed by atoms with Crippen LogP contribution >= 0.6 is 11.6 Å². The Morgan fingerprint density at radius 2 is 2.04 bits per heavy atom. The molecule has 10 heteroatoms. The quantitative estimate of drug-likeness (QED) is 0.540. The molecule has 1 aliphatic rings. The van der Waals surface area contributed by atoms with E-state index >= 15 is 0 Å². The molecule has 148 valence electrons. The zero-order chi connectivity index (χ0) is 20.5. The van der Waals surface area contributed by atoms with Gasteiger partial charge in [0.25, 0.3) is 11.6 Å². The minimum absolute atomic E-state index is 0.0145. The molecule has 7 nitrogen and oxygen atoms in total. The van der Waals surface area contributed by atoms with Crippen LogP contribution in [0.1, 0.15) is 22.3 Å². The second kappa shape index (κ2) is 7.84. The molecule has 1 aliphatic heterocycles. The third-order valence-electron chi connectivity index (χ3n) is 4.54. The van der Waals surface area contributed by atoms with E-state index in [-0.39, 0.29) is 40.7 Å². The number of hydrogen-bond donors (Lipinski definition) is 0. The lowest BCUT2D eigenvalue weighted by Gasteiger charge is -2.29. The van der Waals surface area contributed by atoms with Crippen LogP contribution in [-0.4, -0.2) is 41.7 Å². The van der Waals surface area contributed by atoms with E-state index in [0.717, 1.165) is 6.07 Å². The first-order chi connectivity index (χ1) is 13.2. The number of benzene rings is 2. The van der Waals surface area contributed by atoms with Gasteiger partial charge in [-0.05, 0) is 30.2 Å². The Hall–Kier alpha value is -2.52. The van der Waals surface area contributed by atoms with Gasteiger partial charge in [0, 0.05) is 24.7 Å². The molecule has 2 aromatic carbocycles. The van der Waals surface area contributed by atoms with Crippen molar-refractivity contribution in [3.05, 3.63) is 74.5 Å². The summed E-state index contributed by atoms with van der Waals surface area (Å²) in [4.78, 5) is 24.8. The highest BCUT2D eigenvalue weighted by molar-refractivity contribution is 7.91. The molecular formula is C18H16ClFN2O5S. The molecule has 1 fully saturated rings. The first-order valence-corrected chi connectivity index (χ1v) is 10.6. The lowest BCUT2D eigenvalue weighted by molar-refractivity contribution is -0.384. The van der Waals surface area contributed by atoms with Crippen molar-refractivity contribution in [2.75, 3.05) is 11.5 Å². The van der Waals surface area contributed by atoms with Crippen LogP contribution in [0.2, 0.25) is 5.02 Å². The number of amides is 1. The van der Waals surface area contributed by atoms with Gasteiger partial charge in [-0.15, -0.1) is 0 Å². The molecule has 0 aromatic heterocycles. The molecule has 1 saturated heterocycles. The lowest BCUT2D eigenvalue weighted by atomic mass is 10.1. The fourth-order valence-corrected chi connectivity index (χ4v) is 5.09. The highest BCUT2D eigenvalue weighted by Gasteiger charge is 2.36. The number of carbonyl (C=O) groups is 1. The Morgan fingerprint density at radius 1 is 1.29 bits per heavy atom. The lowest BCUT2D eigenvalue weighted by Crippen LogP contribution is -2.40. The summed E-state index contributed by atoms with van der Waals surface area (Å²) < 4.78 is 37.4. The molecule has 2 aromatic rings. The summed E-state index contributed by atoms with van der Waals surface area (Å²) in [6.07, 6.45) is 0.232. The number of hydrogen-bond acceptors (Lipinski definition) is 5. The number of carbonyl (C=O) groups excluding carboxylic acids is 1. The predicted molar refractivity (Wildman–Crippen MR) is 101 cm³/mol. The molecular weight excluding hydrogens is 411 g/mol. The Balaban J connectivity index is 1.99. The van der Waals surface area contributed by atoms with E-state index in [1.54, 1.807) is 6.07 Å². The van der Waals surface area contributed by atoms with Crippen LogP contribution in [0.5, 0.6) is 0 Å². The summed E-state index contributed by atoms with van der Waals surface area (Å²) in [6.45, 7) is -0.0458. The maximum Gasteiger partial charge on any atom is 0.270 e. The summed E-state index contributed by atoms with van der Waals surface area (Å²) in [5, 5.41) is 11.1. The van der Waals surface area contributed by atoms with Crippen LogP contribution < -0.4 is 0 Å². The molecule has 0 spiro atoms. The molecule has 3 rings (SSSR count). The average molecular weight is 427 g/mol. The van der Waals surface area contributed by atoms with Crippen molar-refractivity contribution in [1.29, 1.82) is 0 Å². The number of non-ortho nitro benzene ring substituents is 1. The monoisotopic (exact) mass is 426 g/mol. The summed E-state index contributed by atoms with van der Waals surface area (Å²) in [6, 6.07) is 8.46. The van der Waals surface area contributed by atoms with Crippen molar-refractivity contribution in [3.8, 4) is 0 Å². The van der Waals surface area contributed by atoms with E-state index in [0.29, 0.717) is 5.56 Å². The van der Waals surface area contributed by atoms with Crippen LogP contribution in [0.15, 0.2) is 42.5 Å². The predicted octanol–water partition coefficient (Wildman–Crippen LogP) is 3.22. The average Bonchev–Trinajstić information content (AvgIpc) is 2.99. The molecule has 0 radical (unpaired) electrons. The fourth-order valence-electron chi connectivity index (χ4n) is 3.17. The first-order valence-electron chi connectivity index (χ1n) is 8.36. The smallest absolute Gasteiger partial charge is 0.270 e. The van der Waals surface area contributed by atoms with Crippen molar-refractivity contribution in [3.63, 3.8) is 0 Å². The Morgan fingerprint density at radius 3 is 2.64 bits per heavy atom. The van der Waals surface area contributed by atoms with Gasteiger partial charge in [-0.3, -0.25) is 14.9 Å². The highest BCUT2D eigenvalue weighted by atomic mass is 35.5. The van der Waals surface area contributed by atoms with E-state index < -0.39 is 32.5 Å². The van der Waals surface area contributed by atoms with Crippen LogP contribution in [0.3, 0.4) is 0 Å². The van der Waals surface area contributed by atoms with Crippen molar-refractivity contribution in [2.45, 2.75) is 19.0 Å². The minimum atomic E-state index is -3.30. The maximum atomic E-state index is 13.6. The van der Waals surface area contributed by atoms with E-state index in [1.165, 1.54) is 35.2 Å². The van der Waals surface area contributed by atoms with E-state index in [1.807, 2.05) is 0 Å². The number of nitro benzene ring substituents is 1. The number of halogens is 2. The minimum Gasteiger partial charge on any atom is -0.330 e. The van der Waals surface area contributed by atoms with Crippen LogP contribution in [-0.2, 0) is 16.4 Å². The molecule has 28 heavy (non-hydrogen) atoms. The van der Waals surface area contributed by atoms with Crippen LogP contribution in [0, 0.1) is 15.9 Å². The third-order valence-corrected chi connectivity index (χ3v) is 6.62. The van der Waals surface area contributed by atoms with Crippen molar-refractivity contribution >= 4 is 33.0 Å².